The zero-order valence-electron chi connectivity index (χ0n) is 3.99. The molecule has 0 aromatic heterocycles. The third-order valence-corrected chi connectivity index (χ3v) is 0.349. The first-order valence-corrected chi connectivity index (χ1v) is 2.42. The van der Waals surface area contributed by atoms with Crippen LogP contribution in [0.3, 0.4) is 0 Å². The molecule has 0 saturated heterocycles. The Morgan fingerprint density at radius 3 is 1.38 bits per heavy atom. The lowest BCUT2D eigenvalue weighted by molar-refractivity contribution is -0.207. The van der Waals surface area contributed by atoms with Gasteiger partial charge in [-0.2, -0.15) is 0 Å². The fraction of sp³-hybridized carbons (Fsp3) is 0. The standard InChI is InChI=1S/C4H4Cl2O2/c1-3(5)7-8-4(2)6/h1-2H2. The van der Waals surface area contributed by atoms with Gasteiger partial charge in [0, 0.05) is 0 Å². The molecular formula is C4H4Cl2O2. The molecule has 0 aromatic carbocycles. The molecule has 0 aromatic rings. The number of rotatable bonds is 3. The molecule has 4 heteroatoms. The second-order valence-electron chi connectivity index (χ2n) is 0.877. The molecule has 0 aliphatic heterocycles. The van der Waals surface area contributed by atoms with Crippen molar-refractivity contribution in [2.75, 3.05) is 0 Å². The molecule has 0 rings (SSSR count). The van der Waals surface area contributed by atoms with Crippen molar-refractivity contribution in [3.8, 4) is 0 Å². The van der Waals surface area contributed by atoms with Crippen LogP contribution in [0, 0.1) is 0 Å². The Morgan fingerprint density at radius 2 is 1.25 bits per heavy atom. The van der Waals surface area contributed by atoms with Crippen molar-refractivity contribution in [3.63, 3.8) is 0 Å². The summed E-state index contributed by atoms with van der Waals surface area (Å²) in [7, 11) is 0. The van der Waals surface area contributed by atoms with Crippen LogP contribution < -0.4 is 0 Å². The highest BCUT2D eigenvalue weighted by Gasteiger charge is 1.89. The molecule has 0 radical (unpaired) electrons. The maximum absolute atomic E-state index is 5.08. The summed E-state index contributed by atoms with van der Waals surface area (Å²) in [6.45, 7) is 6.29. The van der Waals surface area contributed by atoms with E-state index in [1.54, 1.807) is 0 Å². The van der Waals surface area contributed by atoms with Gasteiger partial charge in [0.25, 0.3) is 0 Å². The van der Waals surface area contributed by atoms with Crippen LogP contribution in [0.4, 0.5) is 0 Å². The van der Waals surface area contributed by atoms with Gasteiger partial charge in [-0.05, 0) is 36.4 Å². The molecule has 0 amide bonds. The van der Waals surface area contributed by atoms with E-state index in [0.717, 1.165) is 0 Å². The van der Waals surface area contributed by atoms with Crippen LogP contribution in [-0.4, -0.2) is 0 Å². The van der Waals surface area contributed by atoms with Gasteiger partial charge in [0.2, 0.25) is 10.4 Å². The zero-order valence-corrected chi connectivity index (χ0v) is 5.50. The van der Waals surface area contributed by atoms with Crippen molar-refractivity contribution in [2.45, 2.75) is 0 Å². The number of hydrogen-bond acceptors (Lipinski definition) is 2. The topological polar surface area (TPSA) is 18.5 Å². The summed E-state index contributed by atoms with van der Waals surface area (Å²) in [5.74, 6) is 0. The lowest BCUT2D eigenvalue weighted by atomic mass is 11.1. The van der Waals surface area contributed by atoms with Gasteiger partial charge in [0.1, 0.15) is 0 Å². The Morgan fingerprint density at radius 1 is 1.00 bits per heavy atom. The lowest BCUT2D eigenvalue weighted by Crippen LogP contribution is -1.82. The molecule has 0 aliphatic carbocycles. The molecule has 0 saturated carbocycles. The van der Waals surface area contributed by atoms with Crippen LogP contribution in [-0.2, 0) is 9.78 Å². The highest BCUT2D eigenvalue weighted by Crippen LogP contribution is 2.05. The monoisotopic (exact) mass is 154 g/mol. The Hall–Kier alpha value is -0.340. The van der Waals surface area contributed by atoms with E-state index < -0.39 is 0 Å². The summed E-state index contributed by atoms with van der Waals surface area (Å²) >= 11 is 10.2. The quantitative estimate of drug-likeness (QED) is 0.353. The molecule has 0 bridgehead atoms. The first-order chi connectivity index (χ1) is 3.63. The van der Waals surface area contributed by atoms with E-state index in [1.165, 1.54) is 0 Å². The first-order valence-electron chi connectivity index (χ1n) is 1.66. The molecule has 0 atom stereocenters. The molecule has 46 valence electrons. The molecule has 0 heterocycles. The van der Waals surface area contributed by atoms with Gasteiger partial charge in [-0.15, -0.1) is 0 Å². The number of halogens is 2. The average molecular weight is 155 g/mol. The summed E-state index contributed by atoms with van der Waals surface area (Å²) in [5.41, 5.74) is 0. The van der Waals surface area contributed by atoms with Gasteiger partial charge in [0.15, 0.2) is 0 Å². The van der Waals surface area contributed by atoms with Gasteiger partial charge in [-0.25, -0.2) is 0 Å². The third kappa shape index (κ3) is 5.66. The summed E-state index contributed by atoms with van der Waals surface area (Å²) in [6.07, 6.45) is 0. The van der Waals surface area contributed by atoms with Crippen LogP contribution in [0.2, 0.25) is 0 Å². The Labute approximate surface area is 57.2 Å². The minimum absolute atomic E-state index is 0.0909. The number of hydrogen-bond donors (Lipinski definition) is 0. The first kappa shape index (κ1) is 7.66. The summed E-state index contributed by atoms with van der Waals surface area (Å²) in [4.78, 5) is 8.29. The minimum atomic E-state index is -0.0909. The van der Waals surface area contributed by atoms with Crippen molar-refractivity contribution in [1.29, 1.82) is 0 Å². The van der Waals surface area contributed by atoms with Crippen LogP contribution in [0.5, 0.6) is 0 Å². The van der Waals surface area contributed by atoms with Crippen molar-refractivity contribution in [3.05, 3.63) is 23.6 Å². The zero-order chi connectivity index (χ0) is 6.57. The Balaban J connectivity index is 3.18. The molecule has 0 spiro atoms. The van der Waals surface area contributed by atoms with Crippen molar-refractivity contribution >= 4 is 23.2 Å². The largest absolute Gasteiger partial charge is 0.277 e. The normalized spacial score (nSPS) is 7.75. The van der Waals surface area contributed by atoms with E-state index in [0.29, 0.717) is 0 Å². The fourth-order valence-corrected chi connectivity index (χ4v) is 0.153. The van der Waals surface area contributed by atoms with Gasteiger partial charge >= 0.3 is 0 Å². The lowest BCUT2D eigenvalue weighted by Gasteiger charge is -1.97. The summed E-state index contributed by atoms with van der Waals surface area (Å²) in [5, 5.41) is -0.182. The highest BCUT2D eigenvalue weighted by molar-refractivity contribution is 6.28. The molecule has 2 nitrogen and oxygen atoms in total. The Kier molecular flexibility index (Phi) is 3.48. The highest BCUT2D eigenvalue weighted by atomic mass is 35.5. The molecule has 0 fully saturated rings. The van der Waals surface area contributed by atoms with E-state index >= 15 is 0 Å². The predicted octanol–water partition coefficient (Wildman–Crippen LogP) is 2.35. The van der Waals surface area contributed by atoms with Crippen LogP contribution in [0.25, 0.3) is 0 Å². The van der Waals surface area contributed by atoms with E-state index in [2.05, 4.69) is 22.9 Å². The molecule has 0 aliphatic rings. The summed E-state index contributed by atoms with van der Waals surface area (Å²) in [6, 6.07) is 0. The van der Waals surface area contributed by atoms with E-state index in [9.17, 15) is 0 Å². The molecule has 0 unspecified atom stereocenters. The summed E-state index contributed by atoms with van der Waals surface area (Å²) < 4.78 is 0. The van der Waals surface area contributed by atoms with E-state index in [4.69, 9.17) is 23.2 Å². The van der Waals surface area contributed by atoms with Crippen molar-refractivity contribution < 1.29 is 9.78 Å². The molecule has 8 heavy (non-hydrogen) atoms. The van der Waals surface area contributed by atoms with Crippen LogP contribution in [0.15, 0.2) is 23.6 Å². The third-order valence-electron chi connectivity index (χ3n) is 0.223. The predicted molar refractivity (Wildman–Crippen MR) is 32.2 cm³/mol. The van der Waals surface area contributed by atoms with Crippen molar-refractivity contribution in [2.24, 2.45) is 0 Å². The van der Waals surface area contributed by atoms with E-state index in [-0.39, 0.29) is 10.4 Å². The van der Waals surface area contributed by atoms with Gasteiger partial charge in [-0.1, -0.05) is 0 Å². The van der Waals surface area contributed by atoms with Gasteiger partial charge < -0.3 is 0 Å². The van der Waals surface area contributed by atoms with Crippen LogP contribution in [0.1, 0.15) is 0 Å². The van der Waals surface area contributed by atoms with Crippen LogP contribution >= 0.6 is 23.2 Å². The van der Waals surface area contributed by atoms with E-state index in [1.807, 2.05) is 0 Å². The Bertz CT molecular complexity index is 96.6. The minimum Gasteiger partial charge on any atom is -0.277 e. The van der Waals surface area contributed by atoms with Gasteiger partial charge in [-0.3, -0.25) is 9.78 Å². The fourth-order valence-electron chi connectivity index (χ4n) is 0.0904. The average Bonchev–Trinajstić information content (AvgIpc) is 1.61. The second kappa shape index (κ2) is 3.64. The maximum Gasteiger partial charge on any atom is 0.237 e. The van der Waals surface area contributed by atoms with Gasteiger partial charge in [0.05, 0.1) is 0 Å². The molecule has 0 N–H and O–H groups in total. The molecular weight excluding hydrogens is 151 g/mol. The SMILES string of the molecule is C=C(Cl)OOC(=C)Cl. The maximum atomic E-state index is 5.08. The smallest absolute Gasteiger partial charge is 0.237 e. The van der Waals surface area contributed by atoms with Crippen molar-refractivity contribution in [1.82, 2.24) is 0 Å². The second-order valence-corrected chi connectivity index (χ2v) is 1.72.